The minimum Gasteiger partial charge on any atom is -0.504 e. The first-order valence-corrected chi connectivity index (χ1v) is 21.4. The van der Waals surface area contributed by atoms with Crippen LogP contribution in [0.2, 0.25) is 0 Å². The van der Waals surface area contributed by atoms with E-state index in [9.17, 15) is 25.5 Å². The summed E-state index contributed by atoms with van der Waals surface area (Å²) in [5.41, 5.74) is 11.5. The van der Waals surface area contributed by atoms with E-state index in [2.05, 4.69) is 47.3 Å². The molecule has 0 spiro atoms. The second-order valence-corrected chi connectivity index (χ2v) is 17.5. The van der Waals surface area contributed by atoms with Crippen molar-refractivity contribution in [3.8, 4) is 23.3 Å². The van der Waals surface area contributed by atoms with Crippen LogP contribution >= 0.6 is 0 Å². The number of nitrogens with one attached hydrogen (secondary N) is 2. The number of phenolic OH excluding ortho intramolecular Hbond substituents is 1. The van der Waals surface area contributed by atoms with Crippen molar-refractivity contribution >= 4 is 0 Å². The number of aliphatic hydroxyl groups is 4. The molecule has 2 heterocycles. The maximum atomic E-state index is 11.9. The SMILES string of the molecule is CCC1C#CC2C=C3CCc4cc(O)c(OC5C(O)C(O)C=CC5C(C5=CCNC(N)=C5)C5(c6ccc[nH]6)CCCCC5)cc4C3CC(O)C2C(O)CCCC1. The highest BCUT2D eigenvalue weighted by Gasteiger charge is 2.52. The Labute approximate surface area is 331 Å². The van der Waals surface area contributed by atoms with Gasteiger partial charge >= 0.3 is 0 Å². The van der Waals surface area contributed by atoms with Gasteiger partial charge in [0.15, 0.2) is 11.5 Å². The zero-order chi connectivity index (χ0) is 39.0. The van der Waals surface area contributed by atoms with Crippen molar-refractivity contribution in [2.24, 2.45) is 35.3 Å². The third kappa shape index (κ3) is 7.46. The predicted octanol–water partition coefficient (Wildman–Crippen LogP) is 6.14. The molecule has 9 heteroatoms. The van der Waals surface area contributed by atoms with Gasteiger partial charge in [0, 0.05) is 59.4 Å². The molecule has 0 radical (unpaired) electrons. The molecule has 9 N–H and O–H groups in total. The van der Waals surface area contributed by atoms with Gasteiger partial charge in [0.25, 0.3) is 0 Å². The molecule has 11 unspecified atom stereocenters. The minimum atomic E-state index is -1.26. The molecule has 0 saturated heterocycles. The summed E-state index contributed by atoms with van der Waals surface area (Å²) < 4.78 is 6.87. The van der Waals surface area contributed by atoms with Crippen LogP contribution < -0.4 is 15.8 Å². The molecule has 1 aromatic heterocycles. The molecular weight excluding hydrogens is 703 g/mol. The number of benzene rings is 1. The van der Waals surface area contributed by atoms with Gasteiger partial charge in [-0.05, 0) is 98.4 Å². The molecule has 5 aliphatic carbocycles. The number of ether oxygens (including phenoxy) is 1. The van der Waals surface area contributed by atoms with Crippen LogP contribution in [0.1, 0.15) is 107 Å². The van der Waals surface area contributed by atoms with Crippen molar-refractivity contribution in [1.82, 2.24) is 10.3 Å². The molecule has 1 aliphatic heterocycles. The molecule has 56 heavy (non-hydrogen) atoms. The fourth-order valence-electron chi connectivity index (χ4n) is 11.3. The Morgan fingerprint density at radius 1 is 0.982 bits per heavy atom. The van der Waals surface area contributed by atoms with Crippen molar-refractivity contribution in [2.75, 3.05) is 6.54 Å². The molecule has 300 valence electrons. The summed E-state index contributed by atoms with van der Waals surface area (Å²) in [6, 6.07) is 7.89. The lowest BCUT2D eigenvalue weighted by molar-refractivity contribution is -0.0685. The average molecular weight is 764 g/mol. The van der Waals surface area contributed by atoms with E-state index >= 15 is 0 Å². The third-order valence-electron chi connectivity index (χ3n) is 14.2. The van der Waals surface area contributed by atoms with Crippen molar-refractivity contribution in [3.05, 3.63) is 94.6 Å². The second-order valence-electron chi connectivity index (χ2n) is 17.5. The highest BCUT2D eigenvalue weighted by atomic mass is 16.5. The lowest BCUT2D eigenvalue weighted by Gasteiger charge is -2.50. The first-order valence-electron chi connectivity index (χ1n) is 21.4. The van der Waals surface area contributed by atoms with Gasteiger partial charge in [-0.15, -0.1) is 0 Å². The first kappa shape index (κ1) is 38.9. The number of hydrogen-bond donors (Lipinski definition) is 8. The largest absolute Gasteiger partial charge is 0.504 e. The number of allylic oxidation sites excluding steroid dienone is 4. The van der Waals surface area contributed by atoms with Crippen LogP contribution in [0.3, 0.4) is 0 Å². The lowest BCUT2D eigenvalue weighted by Crippen LogP contribution is -2.54. The number of hydrogen-bond acceptors (Lipinski definition) is 8. The summed E-state index contributed by atoms with van der Waals surface area (Å²) in [6.07, 6.45) is 19.1. The van der Waals surface area contributed by atoms with Crippen LogP contribution in [-0.2, 0) is 11.8 Å². The van der Waals surface area contributed by atoms with E-state index < -0.39 is 30.5 Å². The molecule has 1 fully saturated rings. The fourth-order valence-corrected chi connectivity index (χ4v) is 11.3. The third-order valence-corrected chi connectivity index (χ3v) is 14.2. The lowest BCUT2D eigenvalue weighted by atomic mass is 9.56. The number of aromatic nitrogens is 1. The Balaban J connectivity index is 1.18. The van der Waals surface area contributed by atoms with Crippen LogP contribution in [0.5, 0.6) is 11.5 Å². The molecule has 0 amide bonds. The zero-order valence-corrected chi connectivity index (χ0v) is 32.7. The maximum absolute atomic E-state index is 11.9. The van der Waals surface area contributed by atoms with E-state index in [1.165, 1.54) is 5.57 Å². The topological polar surface area (TPSA) is 164 Å². The molecular formula is C47H61N3O6. The summed E-state index contributed by atoms with van der Waals surface area (Å²) in [5, 5.41) is 61.2. The van der Waals surface area contributed by atoms with Crippen LogP contribution in [0.15, 0.2) is 77.8 Å². The number of phenols is 1. The van der Waals surface area contributed by atoms with E-state index in [1.807, 2.05) is 30.5 Å². The number of aromatic hydroxyl groups is 1. The minimum absolute atomic E-state index is 0.0140. The van der Waals surface area contributed by atoms with E-state index in [0.717, 1.165) is 93.0 Å². The van der Waals surface area contributed by atoms with E-state index in [-0.39, 0.29) is 46.5 Å². The molecule has 1 aromatic carbocycles. The number of rotatable bonds is 7. The second kappa shape index (κ2) is 16.5. The van der Waals surface area contributed by atoms with Crippen LogP contribution in [0.25, 0.3) is 0 Å². The average Bonchev–Trinajstić information content (AvgIpc) is 3.70. The summed E-state index contributed by atoms with van der Waals surface area (Å²) in [4.78, 5) is 3.56. The van der Waals surface area contributed by atoms with E-state index in [0.29, 0.717) is 31.1 Å². The van der Waals surface area contributed by atoms with Gasteiger partial charge < -0.3 is 46.3 Å². The smallest absolute Gasteiger partial charge is 0.161 e. The van der Waals surface area contributed by atoms with E-state index in [1.54, 1.807) is 12.1 Å². The standard InChI is InChI=1S/C47H61N3O6/c1-2-28-9-4-5-10-36(51)43-31(13-12-28)23-29-14-15-30-24-38(53)40(27-35(30)34(29)26-39(43)54)56-46-33(16-17-37(52)45(46)55)44(32-18-22-50-42(48)25-32)47(19-6-3-7-20-47)41-11-8-21-49-41/h8,11,16-18,21,23-25,27-28,31,33-34,36-37,39,43-46,49-55H,2-7,9-10,14-15,19-20,22,26,48H2,1H3. The van der Waals surface area contributed by atoms with Gasteiger partial charge in [0.2, 0.25) is 0 Å². The monoisotopic (exact) mass is 763 g/mol. The first-order chi connectivity index (χ1) is 27.2. The Morgan fingerprint density at radius 3 is 2.57 bits per heavy atom. The Kier molecular flexibility index (Phi) is 11.5. The molecule has 1 saturated carbocycles. The summed E-state index contributed by atoms with van der Waals surface area (Å²) in [5.74, 6) is 6.88. The summed E-state index contributed by atoms with van der Waals surface area (Å²) in [7, 11) is 0. The van der Waals surface area contributed by atoms with Crippen LogP contribution in [0.4, 0.5) is 0 Å². The number of nitrogens with two attached hydrogens (primary N) is 1. The summed E-state index contributed by atoms with van der Waals surface area (Å²) >= 11 is 0. The number of aliphatic hydroxyl groups excluding tert-OH is 4. The fraction of sp³-hybridized carbons (Fsp3) is 0.574. The molecule has 11 atom stereocenters. The Bertz CT molecular complexity index is 1900. The number of fused-ring (bicyclic) bond motifs is 4. The normalized spacial score (nSPS) is 34.6. The molecule has 0 bridgehead atoms. The maximum Gasteiger partial charge on any atom is 0.161 e. The van der Waals surface area contributed by atoms with Gasteiger partial charge in [0.05, 0.1) is 18.0 Å². The zero-order valence-electron chi connectivity index (χ0n) is 32.7. The van der Waals surface area contributed by atoms with Crippen molar-refractivity contribution in [3.63, 3.8) is 0 Å². The van der Waals surface area contributed by atoms with Gasteiger partial charge in [-0.25, -0.2) is 0 Å². The highest BCUT2D eigenvalue weighted by molar-refractivity contribution is 5.52. The Hall–Kier alpha value is -3.94. The van der Waals surface area contributed by atoms with Crippen LogP contribution in [-0.4, -0.2) is 67.6 Å². The Morgan fingerprint density at radius 2 is 1.80 bits per heavy atom. The number of aryl methyl sites for hydroxylation is 1. The predicted molar refractivity (Wildman–Crippen MR) is 217 cm³/mol. The van der Waals surface area contributed by atoms with Gasteiger partial charge in [0.1, 0.15) is 18.3 Å². The van der Waals surface area contributed by atoms with E-state index in [4.69, 9.17) is 10.5 Å². The van der Waals surface area contributed by atoms with Crippen LogP contribution in [0, 0.1) is 41.4 Å². The van der Waals surface area contributed by atoms with Crippen molar-refractivity contribution in [2.45, 2.75) is 132 Å². The number of dihydropyridines is 1. The molecule has 2 aromatic rings. The number of aromatic amines is 1. The van der Waals surface area contributed by atoms with Crippen molar-refractivity contribution in [1.29, 1.82) is 0 Å². The van der Waals surface area contributed by atoms with Gasteiger partial charge in [-0.1, -0.05) is 80.7 Å². The van der Waals surface area contributed by atoms with Gasteiger partial charge in [-0.2, -0.15) is 0 Å². The number of H-pyrrole nitrogens is 1. The summed E-state index contributed by atoms with van der Waals surface area (Å²) in [6.45, 7) is 2.76. The molecule has 9 nitrogen and oxygen atoms in total. The van der Waals surface area contributed by atoms with Crippen molar-refractivity contribution < 1.29 is 30.3 Å². The molecule has 6 aliphatic rings. The highest BCUT2D eigenvalue weighted by Crippen LogP contribution is 2.54. The molecule has 8 rings (SSSR count). The van der Waals surface area contributed by atoms with Gasteiger partial charge in [-0.3, -0.25) is 0 Å². The quantitative estimate of drug-likeness (QED) is 0.123.